The van der Waals surface area contributed by atoms with Crippen LogP contribution >= 0.6 is 0 Å². The Balaban J connectivity index is 1.60. The topological polar surface area (TPSA) is 64.4 Å². The molecule has 2 fully saturated rings. The molecule has 1 unspecified atom stereocenters. The summed E-state index contributed by atoms with van der Waals surface area (Å²) in [6.45, 7) is 3.18. The molecule has 0 aromatic carbocycles. The van der Waals surface area contributed by atoms with E-state index < -0.39 is 0 Å². The van der Waals surface area contributed by atoms with Gasteiger partial charge in [0.05, 0.1) is 0 Å². The van der Waals surface area contributed by atoms with Gasteiger partial charge in [-0.25, -0.2) is 0 Å². The van der Waals surface area contributed by atoms with Gasteiger partial charge in [-0.15, -0.1) is 0 Å². The van der Waals surface area contributed by atoms with Crippen molar-refractivity contribution in [3.05, 3.63) is 0 Å². The zero-order chi connectivity index (χ0) is 12.1. The van der Waals surface area contributed by atoms with Crippen LogP contribution in [0.5, 0.6) is 0 Å². The molecular weight excluding hydrogens is 216 g/mol. The number of hydrogen-bond acceptors (Lipinski definition) is 3. The van der Waals surface area contributed by atoms with Gasteiger partial charge in [0.25, 0.3) is 0 Å². The second kappa shape index (κ2) is 5.83. The highest BCUT2D eigenvalue weighted by Gasteiger charge is 2.37. The standard InChI is InChI=1S/C13H24N2O2/c14-10-13(4-1-5-13)8-12(16)15-6-2-11-3-7-17-9-11/h11H,1-10,14H2,(H,15,16). The summed E-state index contributed by atoms with van der Waals surface area (Å²) >= 11 is 0. The van der Waals surface area contributed by atoms with Crippen molar-refractivity contribution >= 4 is 5.91 Å². The number of nitrogens with two attached hydrogens (primary N) is 1. The molecule has 98 valence electrons. The first-order valence-electron chi connectivity index (χ1n) is 6.79. The van der Waals surface area contributed by atoms with Crippen molar-refractivity contribution in [1.29, 1.82) is 0 Å². The van der Waals surface area contributed by atoms with Crippen molar-refractivity contribution in [3.63, 3.8) is 0 Å². The molecule has 0 bridgehead atoms. The van der Waals surface area contributed by atoms with Gasteiger partial charge in [-0.2, -0.15) is 0 Å². The molecule has 3 N–H and O–H groups in total. The summed E-state index contributed by atoms with van der Waals surface area (Å²) in [6, 6.07) is 0. The number of amides is 1. The van der Waals surface area contributed by atoms with Crippen molar-refractivity contribution in [2.45, 2.75) is 38.5 Å². The van der Waals surface area contributed by atoms with E-state index in [2.05, 4.69) is 5.32 Å². The predicted octanol–water partition coefficient (Wildman–Crippen LogP) is 1.05. The summed E-state index contributed by atoms with van der Waals surface area (Å²) in [5, 5.41) is 3.02. The molecule has 4 heteroatoms. The number of carbonyl (C=O) groups excluding carboxylic acids is 1. The second-order valence-corrected chi connectivity index (χ2v) is 5.60. The normalized spacial score (nSPS) is 26.5. The SMILES string of the molecule is NCC1(CC(=O)NCCC2CCOC2)CCC1. The van der Waals surface area contributed by atoms with Gasteiger partial charge in [0.1, 0.15) is 0 Å². The van der Waals surface area contributed by atoms with E-state index >= 15 is 0 Å². The number of ether oxygens (including phenoxy) is 1. The minimum Gasteiger partial charge on any atom is -0.381 e. The van der Waals surface area contributed by atoms with E-state index in [1.54, 1.807) is 0 Å². The van der Waals surface area contributed by atoms with E-state index in [1.165, 1.54) is 6.42 Å². The van der Waals surface area contributed by atoms with Gasteiger partial charge in [-0.3, -0.25) is 4.79 Å². The third kappa shape index (κ3) is 3.42. The Morgan fingerprint density at radius 2 is 2.29 bits per heavy atom. The van der Waals surface area contributed by atoms with Gasteiger partial charge in [0.15, 0.2) is 0 Å². The van der Waals surface area contributed by atoms with Crippen molar-refractivity contribution in [2.75, 3.05) is 26.3 Å². The lowest BCUT2D eigenvalue weighted by Crippen LogP contribution is -2.42. The summed E-state index contributed by atoms with van der Waals surface area (Å²) in [7, 11) is 0. The van der Waals surface area contributed by atoms with E-state index in [0.29, 0.717) is 18.9 Å². The van der Waals surface area contributed by atoms with Crippen molar-refractivity contribution in [3.8, 4) is 0 Å². The molecule has 1 aliphatic carbocycles. The summed E-state index contributed by atoms with van der Waals surface area (Å²) < 4.78 is 5.31. The molecule has 17 heavy (non-hydrogen) atoms. The first-order chi connectivity index (χ1) is 8.24. The lowest BCUT2D eigenvalue weighted by Gasteiger charge is -2.40. The Bertz CT molecular complexity index is 253. The van der Waals surface area contributed by atoms with E-state index in [-0.39, 0.29) is 11.3 Å². The Morgan fingerprint density at radius 1 is 1.47 bits per heavy atom. The predicted molar refractivity (Wildman–Crippen MR) is 66.5 cm³/mol. The van der Waals surface area contributed by atoms with Crippen LogP contribution in [0.1, 0.15) is 38.5 Å². The van der Waals surface area contributed by atoms with Crippen LogP contribution in [0, 0.1) is 11.3 Å². The molecule has 1 saturated heterocycles. The van der Waals surface area contributed by atoms with Crippen LogP contribution in [0.15, 0.2) is 0 Å². The fourth-order valence-electron chi connectivity index (χ4n) is 2.76. The van der Waals surface area contributed by atoms with Crippen molar-refractivity contribution < 1.29 is 9.53 Å². The summed E-state index contributed by atoms with van der Waals surface area (Å²) in [5.41, 5.74) is 5.87. The summed E-state index contributed by atoms with van der Waals surface area (Å²) in [4.78, 5) is 11.8. The maximum absolute atomic E-state index is 11.8. The highest BCUT2D eigenvalue weighted by molar-refractivity contribution is 5.76. The van der Waals surface area contributed by atoms with Gasteiger partial charge >= 0.3 is 0 Å². The molecular formula is C13H24N2O2. The summed E-state index contributed by atoms with van der Waals surface area (Å²) in [5.74, 6) is 0.816. The van der Waals surface area contributed by atoms with Gasteiger partial charge in [-0.1, -0.05) is 6.42 Å². The summed E-state index contributed by atoms with van der Waals surface area (Å²) in [6.07, 6.45) is 6.26. The van der Waals surface area contributed by atoms with Crippen LogP contribution in [0.4, 0.5) is 0 Å². The molecule has 0 radical (unpaired) electrons. The maximum Gasteiger partial charge on any atom is 0.220 e. The average Bonchev–Trinajstić information content (AvgIpc) is 2.76. The third-order valence-electron chi connectivity index (χ3n) is 4.28. The zero-order valence-electron chi connectivity index (χ0n) is 10.5. The van der Waals surface area contributed by atoms with Gasteiger partial charge in [-0.05, 0) is 43.6 Å². The fourth-order valence-corrected chi connectivity index (χ4v) is 2.76. The molecule has 1 aliphatic heterocycles. The maximum atomic E-state index is 11.8. The van der Waals surface area contributed by atoms with E-state index in [1.807, 2.05) is 0 Å². The van der Waals surface area contributed by atoms with Crippen LogP contribution < -0.4 is 11.1 Å². The Hall–Kier alpha value is -0.610. The lowest BCUT2D eigenvalue weighted by molar-refractivity contribution is -0.124. The van der Waals surface area contributed by atoms with Gasteiger partial charge in [0, 0.05) is 26.2 Å². The molecule has 4 nitrogen and oxygen atoms in total. The molecule has 2 aliphatic rings. The van der Waals surface area contributed by atoms with Crippen molar-refractivity contribution in [1.82, 2.24) is 5.32 Å². The monoisotopic (exact) mass is 240 g/mol. The third-order valence-corrected chi connectivity index (χ3v) is 4.28. The minimum absolute atomic E-state index is 0.126. The van der Waals surface area contributed by atoms with Crippen molar-refractivity contribution in [2.24, 2.45) is 17.1 Å². The van der Waals surface area contributed by atoms with Crippen LogP contribution in [-0.4, -0.2) is 32.2 Å². The number of carbonyl (C=O) groups is 1. The van der Waals surface area contributed by atoms with Gasteiger partial charge in [0.2, 0.25) is 5.91 Å². The molecule has 0 aromatic rings. The molecule has 2 rings (SSSR count). The van der Waals surface area contributed by atoms with E-state index in [4.69, 9.17) is 10.5 Å². The zero-order valence-corrected chi connectivity index (χ0v) is 10.5. The molecule has 1 atom stereocenters. The minimum atomic E-state index is 0.126. The number of nitrogens with one attached hydrogen (secondary N) is 1. The first kappa shape index (κ1) is 12.8. The molecule has 1 amide bonds. The Labute approximate surface area is 103 Å². The smallest absolute Gasteiger partial charge is 0.220 e. The molecule has 0 aromatic heterocycles. The second-order valence-electron chi connectivity index (χ2n) is 5.60. The number of rotatable bonds is 6. The first-order valence-corrected chi connectivity index (χ1v) is 6.79. The van der Waals surface area contributed by atoms with Crippen LogP contribution in [0.3, 0.4) is 0 Å². The quantitative estimate of drug-likeness (QED) is 0.729. The Morgan fingerprint density at radius 3 is 2.82 bits per heavy atom. The largest absolute Gasteiger partial charge is 0.381 e. The van der Waals surface area contributed by atoms with Crippen LogP contribution in [-0.2, 0) is 9.53 Å². The number of hydrogen-bond donors (Lipinski definition) is 2. The molecule has 1 saturated carbocycles. The average molecular weight is 240 g/mol. The fraction of sp³-hybridized carbons (Fsp3) is 0.923. The lowest BCUT2D eigenvalue weighted by atomic mass is 9.66. The van der Waals surface area contributed by atoms with E-state index in [9.17, 15) is 4.79 Å². The molecule has 1 heterocycles. The van der Waals surface area contributed by atoms with Crippen LogP contribution in [0.25, 0.3) is 0 Å². The molecule has 0 spiro atoms. The Kier molecular flexibility index (Phi) is 4.40. The van der Waals surface area contributed by atoms with Crippen LogP contribution in [0.2, 0.25) is 0 Å². The highest BCUT2D eigenvalue weighted by atomic mass is 16.5. The van der Waals surface area contributed by atoms with Gasteiger partial charge < -0.3 is 15.8 Å². The van der Waals surface area contributed by atoms with E-state index in [0.717, 1.165) is 45.4 Å². The highest BCUT2D eigenvalue weighted by Crippen LogP contribution is 2.42.